The SMILES string of the molecule is Nc1cccc2c1C1(COc3cc4c(cc31)OCCO4)C(=O)N2Cc1ncccc1C(F)(F)F. The highest BCUT2D eigenvalue weighted by atomic mass is 19.4. The molecule has 0 saturated carbocycles. The summed E-state index contributed by atoms with van der Waals surface area (Å²) in [6.45, 7) is 0.339. The Labute approximate surface area is 191 Å². The third-order valence-electron chi connectivity index (χ3n) is 6.45. The number of halogens is 3. The molecule has 10 heteroatoms. The van der Waals surface area contributed by atoms with E-state index in [9.17, 15) is 18.0 Å². The fraction of sp³-hybridized carbons (Fsp3) is 0.250. The molecule has 1 atom stereocenters. The van der Waals surface area contributed by atoms with E-state index in [4.69, 9.17) is 19.9 Å². The summed E-state index contributed by atoms with van der Waals surface area (Å²) < 4.78 is 58.1. The van der Waals surface area contributed by atoms with Crippen LogP contribution in [0.3, 0.4) is 0 Å². The quantitative estimate of drug-likeness (QED) is 0.577. The minimum absolute atomic E-state index is 0.0455. The molecule has 0 saturated heterocycles. The summed E-state index contributed by atoms with van der Waals surface area (Å²) in [6.07, 6.45) is -3.33. The van der Waals surface area contributed by atoms with Crippen molar-refractivity contribution in [1.82, 2.24) is 4.98 Å². The second kappa shape index (κ2) is 7.02. The number of rotatable bonds is 2. The van der Waals surface area contributed by atoms with Crippen molar-refractivity contribution in [1.29, 1.82) is 0 Å². The van der Waals surface area contributed by atoms with Gasteiger partial charge >= 0.3 is 6.18 Å². The molecule has 2 aromatic carbocycles. The van der Waals surface area contributed by atoms with Crippen LogP contribution >= 0.6 is 0 Å². The van der Waals surface area contributed by atoms with Crippen molar-refractivity contribution < 1.29 is 32.2 Å². The normalized spacial score (nSPS) is 20.3. The number of aromatic nitrogens is 1. The molecule has 1 spiro atoms. The zero-order valence-electron chi connectivity index (χ0n) is 17.7. The van der Waals surface area contributed by atoms with Gasteiger partial charge in [0.15, 0.2) is 11.5 Å². The van der Waals surface area contributed by atoms with Crippen LogP contribution in [0, 0.1) is 0 Å². The number of nitrogens with two attached hydrogens (primary N) is 1. The van der Waals surface area contributed by atoms with Crippen molar-refractivity contribution in [2.45, 2.75) is 18.1 Å². The Hall–Kier alpha value is -3.95. The lowest BCUT2D eigenvalue weighted by atomic mass is 9.76. The monoisotopic (exact) mass is 469 g/mol. The van der Waals surface area contributed by atoms with Gasteiger partial charge in [-0.1, -0.05) is 6.07 Å². The smallest absolute Gasteiger partial charge is 0.418 e. The van der Waals surface area contributed by atoms with Gasteiger partial charge in [-0.25, -0.2) is 0 Å². The Bertz CT molecular complexity index is 1340. The largest absolute Gasteiger partial charge is 0.491 e. The van der Waals surface area contributed by atoms with E-state index in [1.165, 1.54) is 17.2 Å². The van der Waals surface area contributed by atoms with Gasteiger partial charge in [-0.05, 0) is 30.3 Å². The number of ether oxygens (including phenoxy) is 3. The molecule has 6 rings (SSSR count). The average molecular weight is 469 g/mol. The topological polar surface area (TPSA) is 86.9 Å². The van der Waals surface area contributed by atoms with Crippen molar-refractivity contribution in [2.75, 3.05) is 30.5 Å². The number of pyridine rings is 1. The van der Waals surface area contributed by atoms with Gasteiger partial charge in [0.25, 0.3) is 0 Å². The number of alkyl halides is 3. The third-order valence-corrected chi connectivity index (χ3v) is 6.45. The molecule has 2 N–H and O–H groups in total. The Morgan fingerprint density at radius 2 is 1.79 bits per heavy atom. The maximum Gasteiger partial charge on any atom is 0.418 e. The second-order valence-corrected chi connectivity index (χ2v) is 8.31. The zero-order chi connectivity index (χ0) is 23.7. The van der Waals surface area contributed by atoms with Crippen molar-refractivity contribution in [3.63, 3.8) is 0 Å². The van der Waals surface area contributed by atoms with Crippen LogP contribution in [-0.4, -0.2) is 30.7 Å². The summed E-state index contributed by atoms with van der Waals surface area (Å²) in [5, 5.41) is 0. The maximum atomic E-state index is 14.0. The fourth-order valence-corrected chi connectivity index (χ4v) is 4.99. The minimum atomic E-state index is -4.61. The zero-order valence-corrected chi connectivity index (χ0v) is 17.7. The number of amides is 1. The number of carbonyl (C=O) groups excluding carboxylic acids is 1. The van der Waals surface area contributed by atoms with Gasteiger partial charge in [-0.15, -0.1) is 0 Å². The minimum Gasteiger partial charge on any atom is -0.491 e. The number of nitrogen functional groups attached to an aromatic ring is 1. The van der Waals surface area contributed by atoms with Crippen LogP contribution in [-0.2, 0) is 22.9 Å². The molecule has 0 radical (unpaired) electrons. The van der Waals surface area contributed by atoms with Crippen LogP contribution in [0.5, 0.6) is 17.2 Å². The Kier molecular flexibility index (Phi) is 4.26. The van der Waals surface area contributed by atoms with Crippen LogP contribution in [0.1, 0.15) is 22.4 Å². The molecule has 34 heavy (non-hydrogen) atoms. The van der Waals surface area contributed by atoms with Crippen molar-refractivity contribution in [2.24, 2.45) is 0 Å². The Balaban J connectivity index is 1.51. The molecule has 3 aliphatic rings. The number of anilines is 2. The number of fused-ring (bicyclic) bond motifs is 5. The molecule has 1 amide bonds. The van der Waals surface area contributed by atoms with Crippen LogP contribution in [0.25, 0.3) is 0 Å². The molecule has 174 valence electrons. The second-order valence-electron chi connectivity index (χ2n) is 8.31. The molecule has 3 aromatic rings. The lowest BCUT2D eigenvalue weighted by Gasteiger charge is -2.25. The van der Waals surface area contributed by atoms with Crippen LogP contribution < -0.4 is 24.8 Å². The molecular weight excluding hydrogens is 451 g/mol. The first-order valence-electron chi connectivity index (χ1n) is 10.6. The van der Waals surface area contributed by atoms with Crippen LogP contribution in [0.4, 0.5) is 24.5 Å². The summed E-state index contributed by atoms with van der Waals surface area (Å²) in [5.41, 5.74) is 5.70. The Morgan fingerprint density at radius 3 is 2.56 bits per heavy atom. The first kappa shape index (κ1) is 20.6. The van der Waals surface area contributed by atoms with E-state index in [0.717, 1.165) is 6.07 Å². The lowest BCUT2D eigenvalue weighted by Crippen LogP contribution is -2.42. The van der Waals surface area contributed by atoms with Gasteiger partial charge in [0.05, 0.1) is 23.5 Å². The molecule has 0 bridgehead atoms. The van der Waals surface area contributed by atoms with Crippen LogP contribution in [0.15, 0.2) is 48.7 Å². The first-order valence-corrected chi connectivity index (χ1v) is 10.6. The maximum absolute atomic E-state index is 14.0. The predicted octanol–water partition coefficient (Wildman–Crippen LogP) is 3.68. The summed E-state index contributed by atoms with van der Waals surface area (Å²) >= 11 is 0. The highest BCUT2D eigenvalue weighted by molar-refractivity contribution is 6.13. The molecule has 1 aromatic heterocycles. The molecule has 7 nitrogen and oxygen atoms in total. The first-order chi connectivity index (χ1) is 16.3. The molecule has 4 heterocycles. The molecule has 0 aliphatic carbocycles. The van der Waals surface area contributed by atoms with Crippen LogP contribution in [0.2, 0.25) is 0 Å². The number of benzene rings is 2. The van der Waals surface area contributed by atoms with E-state index in [2.05, 4.69) is 4.98 Å². The van der Waals surface area contributed by atoms with Gasteiger partial charge in [0.1, 0.15) is 31.0 Å². The third kappa shape index (κ3) is 2.77. The van der Waals surface area contributed by atoms with E-state index in [1.807, 2.05) is 0 Å². The lowest BCUT2D eigenvalue weighted by molar-refractivity contribution is -0.138. The average Bonchev–Trinajstić information content (AvgIpc) is 3.30. The summed E-state index contributed by atoms with van der Waals surface area (Å²) in [6, 6.07) is 10.6. The number of carbonyl (C=O) groups is 1. The standard InChI is InChI=1S/C24H18F3N3O4/c25-24(26,27)13-3-2-6-29-16(13)11-30-17-5-1-4-15(28)21(17)23(22(30)31)12-34-18-10-20-19(9-14(18)23)32-7-8-33-20/h1-6,9-10H,7-8,11-12,28H2. The molecule has 1 unspecified atom stereocenters. The number of nitrogens with zero attached hydrogens (tertiary/aromatic N) is 2. The number of hydrogen-bond acceptors (Lipinski definition) is 6. The number of hydrogen-bond donors (Lipinski definition) is 1. The van der Waals surface area contributed by atoms with Gasteiger partial charge < -0.3 is 24.8 Å². The molecular formula is C24H18F3N3O4. The highest BCUT2D eigenvalue weighted by Gasteiger charge is 2.58. The van der Waals surface area contributed by atoms with Gasteiger partial charge in [0, 0.05) is 29.1 Å². The van der Waals surface area contributed by atoms with E-state index >= 15 is 0 Å². The van der Waals surface area contributed by atoms with Crippen molar-refractivity contribution >= 4 is 17.3 Å². The summed E-state index contributed by atoms with van der Waals surface area (Å²) in [5.74, 6) is 0.993. The fourth-order valence-electron chi connectivity index (χ4n) is 4.99. The van der Waals surface area contributed by atoms with Gasteiger partial charge in [-0.3, -0.25) is 9.78 Å². The van der Waals surface area contributed by atoms with Crippen molar-refractivity contribution in [3.05, 3.63) is 71.0 Å². The van der Waals surface area contributed by atoms with Crippen molar-refractivity contribution in [3.8, 4) is 17.2 Å². The molecule has 0 fully saturated rings. The summed E-state index contributed by atoms with van der Waals surface area (Å²) in [7, 11) is 0. The van der Waals surface area contributed by atoms with Gasteiger partial charge in [0.2, 0.25) is 5.91 Å². The predicted molar refractivity (Wildman–Crippen MR) is 115 cm³/mol. The van der Waals surface area contributed by atoms with E-state index < -0.39 is 23.1 Å². The Morgan fingerprint density at radius 1 is 1.03 bits per heavy atom. The summed E-state index contributed by atoms with van der Waals surface area (Å²) in [4.78, 5) is 19.3. The van der Waals surface area contributed by atoms with Gasteiger partial charge in [-0.2, -0.15) is 13.2 Å². The van der Waals surface area contributed by atoms with E-state index in [0.29, 0.717) is 53.0 Å². The molecule has 3 aliphatic heterocycles. The van der Waals surface area contributed by atoms with E-state index in [-0.39, 0.29) is 18.8 Å². The van der Waals surface area contributed by atoms with E-state index in [1.54, 1.807) is 30.3 Å². The highest BCUT2D eigenvalue weighted by Crippen LogP contribution is 2.56.